The van der Waals surface area contributed by atoms with Gasteiger partial charge in [0.05, 0.1) is 6.54 Å². The first-order valence-electron chi connectivity index (χ1n) is 10.2. The number of hydrogen-bond donors (Lipinski definition) is 2. The van der Waals surface area contributed by atoms with E-state index < -0.39 is 5.60 Å². The van der Waals surface area contributed by atoms with Crippen molar-refractivity contribution in [3.63, 3.8) is 0 Å². The van der Waals surface area contributed by atoms with Crippen LogP contribution in [0.25, 0.3) is 0 Å². The van der Waals surface area contributed by atoms with Crippen molar-refractivity contribution >= 4 is 17.6 Å². The second-order valence-corrected chi connectivity index (χ2v) is 7.85. The van der Waals surface area contributed by atoms with Gasteiger partial charge in [-0.15, -0.1) is 0 Å². The van der Waals surface area contributed by atoms with E-state index in [0.29, 0.717) is 43.8 Å². The molecule has 0 bridgehead atoms. The molecule has 31 heavy (non-hydrogen) atoms. The molecule has 8 nitrogen and oxygen atoms in total. The molecule has 1 aromatic heterocycles. The Morgan fingerprint density at radius 1 is 1.16 bits per heavy atom. The summed E-state index contributed by atoms with van der Waals surface area (Å²) in [5.41, 5.74) is 1.22. The number of nitrogens with zero attached hydrogens (tertiary/aromatic N) is 3. The van der Waals surface area contributed by atoms with Crippen LogP contribution in [0.2, 0.25) is 0 Å². The van der Waals surface area contributed by atoms with Crippen LogP contribution in [0.15, 0.2) is 53.9 Å². The van der Waals surface area contributed by atoms with Gasteiger partial charge in [-0.1, -0.05) is 23.4 Å². The van der Waals surface area contributed by atoms with Crippen LogP contribution in [0.4, 0.5) is 9.18 Å². The first-order valence-corrected chi connectivity index (χ1v) is 10.2. The molecule has 3 amide bonds. The van der Waals surface area contributed by atoms with E-state index in [-0.39, 0.29) is 24.3 Å². The number of aromatic nitrogens is 1. The highest BCUT2D eigenvalue weighted by Gasteiger charge is 2.45. The summed E-state index contributed by atoms with van der Waals surface area (Å²) in [5.74, 6) is -0.622. The molecule has 1 aromatic carbocycles. The van der Waals surface area contributed by atoms with Crippen LogP contribution in [0.3, 0.4) is 0 Å². The van der Waals surface area contributed by atoms with Crippen molar-refractivity contribution in [2.45, 2.75) is 38.0 Å². The number of rotatable bonds is 5. The van der Waals surface area contributed by atoms with Crippen LogP contribution in [-0.2, 0) is 22.7 Å². The minimum absolute atomic E-state index is 0.236. The average Bonchev–Trinajstić information content (AvgIpc) is 3.19. The van der Waals surface area contributed by atoms with E-state index in [1.54, 1.807) is 29.4 Å². The van der Waals surface area contributed by atoms with Crippen molar-refractivity contribution in [2.24, 2.45) is 5.16 Å². The molecule has 1 atom stereocenters. The zero-order valence-electron chi connectivity index (χ0n) is 17.0. The van der Waals surface area contributed by atoms with Gasteiger partial charge in [0.25, 0.3) is 5.91 Å². The van der Waals surface area contributed by atoms with E-state index in [4.69, 9.17) is 4.84 Å². The zero-order valence-corrected chi connectivity index (χ0v) is 17.0. The Morgan fingerprint density at radius 3 is 2.81 bits per heavy atom. The number of pyridine rings is 1. The second kappa shape index (κ2) is 9.11. The van der Waals surface area contributed by atoms with Crippen LogP contribution in [-0.4, -0.2) is 46.2 Å². The molecule has 1 unspecified atom stereocenters. The van der Waals surface area contributed by atoms with Crippen LogP contribution in [0.5, 0.6) is 0 Å². The fourth-order valence-electron chi connectivity index (χ4n) is 3.86. The van der Waals surface area contributed by atoms with Gasteiger partial charge in [-0.25, -0.2) is 9.18 Å². The highest BCUT2D eigenvalue weighted by atomic mass is 19.1. The van der Waals surface area contributed by atoms with Crippen LogP contribution >= 0.6 is 0 Å². The zero-order chi connectivity index (χ0) is 21.7. The van der Waals surface area contributed by atoms with Crippen molar-refractivity contribution in [3.05, 3.63) is 65.7 Å². The second-order valence-electron chi connectivity index (χ2n) is 7.85. The lowest BCUT2D eigenvalue weighted by Gasteiger charge is -2.38. The van der Waals surface area contributed by atoms with Gasteiger partial charge < -0.3 is 20.4 Å². The standard InChI is InChI=1S/C22H24FN5O3/c23-18-6-1-4-16(10-18)13-26-21(30)28-9-3-7-22(15-28)11-19(27-31-22)20(29)25-14-17-5-2-8-24-12-17/h1-2,4-6,8,10,12H,3,7,9,11,13-15H2,(H,25,29)(H,26,30). The Hall–Kier alpha value is -3.49. The highest BCUT2D eigenvalue weighted by Crippen LogP contribution is 2.33. The van der Waals surface area contributed by atoms with E-state index in [1.165, 1.54) is 12.1 Å². The molecule has 0 radical (unpaired) electrons. The van der Waals surface area contributed by atoms with Gasteiger partial charge in [-0.3, -0.25) is 9.78 Å². The lowest BCUT2D eigenvalue weighted by molar-refractivity contribution is -0.115. The van der Waals surface area contributed by atoms with Crippen molar-refractivity contribution < 1.29 is 18.8 Å². The fraction of sp³-hybridized carbons (Fsp3) is 0.364. The summed E-state index contributed by atoms with van der Waals surface area (Å²) >= 11 is 0. The third-order valence-electron chi connectivity index (χ3n) is 5.44. The Labute approximate surface area is 179 Å². The molecule has 1 spiro atoms. The number of amides is 3. The van der Waals surface area contributed by atoms with Gasteiger partial charge >= 0.3 is 6.03 Å². The fourth-order valence-corrected chi connectivity index (χ4v) is 3.86. The number of carbonyl (C=O) groups is 2. The Kier molecular flexibility index (Phi) is 6.11. The summed E-state index contributed by atoms with van der Waals surface area (Å²) < 4.78 is 13.3. The van der Waals surface area contributed by atoms with Crippen molar-refractivity contribution in [1.82, 2.24) is 20.5 Å². The van der Waals surface area contributed by atoms with E-state index in [1.807, 2.05) is 12.1 Å². The molecule has 162 valence electrons. The Balaban J connectivity index is 1.29. The lowest BCUT2D eigenvalue weighted by Crippen LogP contribution is -2.53. The molecule has 9 heteroatoms. The summed E-state index contributed by atoms with van der Waals surface area (Å²) in [7, 11) is 0. The molecular formula is C22H24FN5O3. The van der Waals surface area contributed by atoms with Crippen LogP contribution in [0, 0.1) is 5.82 Å². The monoisotopic (exact) mass is 425 g/mol. The summed E-state index contributed by atoms with van der Waals surface area (Å²) in [6, 6.07) is 9.56. The number of benzene rings is 1. The molecule has 1 fully saturated rings. The third-order valence-corrected chi connectivity index (χ3v) is 5.44. The van der Waals surface area contributed by atoms with Gasteiger partial charge in [-0.05, 0) is 42.2 Å². The average molecular weight is 425 g/mol. The predicted molar refractivity (Wildman–Crippen MR) is 111 cm³/mol. The van der Waals surface area contributed by atoms with Gasteiger partial charge in [0.1, 0.15) is 11.5 Å². The predicted octanol–water partition coefficient (Wildman–Crippen LogP) is 2.36. The van der Waals surface area contributed by atoms with Gasteiger partial charge in [0.15, 0.2) is 5.60 Å². The van der Waals surface area contributed by atoms with Crippen molar-refractivity contribution in [2.75, 3.05) is 13.1 Å². The third kappa shape index (κ3) is 5.17. The van der Waals surface area contributed by atoms with Crippen LogP contribution < -0.4 is 10.6 Å². The number of piperidine rings is 1. The molecule has 2 N–H and O–H groups in total. The Morgan fingerprint density at radius 2 is 2.00 bits per heavy atom. The van der Waals surface area contributed by atoms with E-state index >= 15 is 0 Å². The SMILES string of the molecule is O=C(NCc1cccnc1)C1=NOC2(CCCN(C(=O)NCc3cccc(F)c3)C2)C1. The van der Waals surface area contributed by atoms with E-state index in [0.717, 1.165) is 12.0 Å². The highest BCUT2D eigenvalue weighted by molar-refractivity contribution is 6.39. The number of halogens is 1. The topological polar surface area (TPSA) is 95.9 Å². The number of urea groups is 1. The summed E-state index contributed by atoms with van der Waals surface area (Å²) in [6.07, 6.45) is 5.17. The largest absolute Gasteiger partial charge is 0.386 e. The van der Waals surface area contributed by atoms with E-state index in [9.17, 15) is 14.0 Å². The summed E-state index contributed by atoms with van der Waals surface area (Å²) in [4.78, 5) is 36.5. The molecule has 2 aliphatic heterocycles. The molecule has 1 saturated heterocycles. The number of oxime groups is 1. The maximum Gasteiger partial charge on any atom is 0.317 e. The number of likely N-dealkylation sites (tertiary alicyclic amines) is 1. The first-order chi connectivity index (χ1) is 15.0. The van der Waals surface area contributed by atoms with E-state index in [2.05, 4.69) is 20.8 Å². The van der Waals surface area contributed by atoms with Gasteiger partial charge in [-0.2, -0.15) is 0 Å². The van der Waals surface area contributed by atoms with Crippen molar-refractivity contribution in [1.29, 1.82) is 0 Å². The molecule has 2 aliphatic rings. The molecule has 4 rings (SSSR count). The smallest absolute Gasteiger partial charge is 0.317 e. The summed E-state index contributed by atoms with van der Waals surface area (Å²) in [6.45, 7) is 1.51. The Bertz CT molecular complexity index is 984. The quantitative estimate of drug-likeness (QED) is 0.769. The molecule has 0 saturated carbocycles. The maximum absolute atomic E-state index is 13.3. The number of hydrogen-bond acceptors (Lipinski definition) is 5. The number of nitrogens with one attached hydrogen (secondary N) is 2. The first kappa shape index (κ1) is 20.8. The minimum Gasteiger partial charge on any atom is -0.386 e. The lowest BCUT2D eigenvalue weighted by atomic mass is 9.88. The van der Waals surface area contributed by atoms with Gasteiger partial charge in [0.2, 0.25) is 0 Å². The maximum atomic E-state index is 13.3. The summed E-state index contributed by atoms with van der Waals surface area (Å²) in [5, 5.41) is 9.65. The molecular weight excluding hydrogens is 401 g/mol. The van der Waals surface area contributed by atoms with Gasteiger partial charge in [0, 0.05) is 38.4 Å². The molecule has 2 aromatic rings. The van der Waals surface area contributed by atoms with Crippen molar-refractivity contribution in [3.8, 4) is 0 Å². The molecule has 3 heterocycles. The normalized spacial score (nSPS) is 20.2. The molecule has 0 aliphatic carbocycles. The minimum atomic E-state index is -0.685. The number of carbonyl (C=O) groups excluding carboxylic acids is 2. The van der Waals surface area contributed by atoms with Crippen LogP contribution in [0.1, 0.15) is 30.4 Å².